The number of benzene rings is 1. The van der Waals surface area contributed by atoms with Crippen molar-refractivity contribution in [2.75, 3.05) is 19.6 Å². The van der Waals surface area contributed by atoms with Crippen LogP contribution in [-0.4, -0.2) is 30.4 Å². The number of hydrogen-bond acceptors (Lipinski definition) is 2. The summed E-state index contributed by atoms with van der Waals surface area (Å²) in [4.78, 5) is 14.4. The van der Waals surface area contributed by atoms with E-state index in [1.165, 1.54) is 24.0 Å². The monoisotopic (exact) mass is 288 g/mol. The quantitative estimate of drug-likeness (QED) is 0.833. The van der Waals surface area contributed by atoms with Gasteiger partial charge in [-0.2, -0.15) is 0 Å². The highest BCUT2D eigenvalue weighted by molar-refractivity contribution is 5.75. The second kappa shape index (κ2) is 8.18. The van der Waals surface area contributed by atoms with Crippen LogP contribution in [0.15, 0.2) is 24.3 Å². The molecule has 0 spiro atoms. The van der Waals surface area contributed by atoms with Crippen molar-refractivity contribution >= 4 is 5.91 Å². The van der Waals surface area contributed by atoms with Gasteiger partial charge in [0.05, 0.1) is 6.04 Å². The van der Waals surface area contributed by atoms with Crippen molar-refractivity contribution in [3.8, 4) is 0 Å². The van der Waals surface area contributed by atoms with Gasteiger partial charge in [0.2, 0.25) is 5.91 Å². The standard InChI is InChI=1S/C18H28N2O/c1-3-4-7-18(21)19-14-17(20-12-5-6-13-20)16-10-8-15(2)9-11-16/h8-11,17H,3-7,12-14H2,1-2H3,(H,19,21)/t17-/m0/s1. The van der Waals surface area contributed by atoms with E-state index in [2.05, 4.69) is 48.3 Å². The Morgan fingerprint density at radius 2 is 1.90 bits per heavy atom. The van der Waals surface area contributed by atoms with Gasteiger partial charge in [0.1, 0.15) is 0 Å². The molecule has 1 aromatic carbocycles. The van der Waals surface area contributed by atoms with E-state index in [1.54, 1.807) is 0 Å². The summed E-state index contributed by atoms with van der Waals surface area (Å²) < 4.78 is 0. The van der Waals surface area contributed by atoms with E-state index < -0.39 is 0 Å². The molecule has 1 aliphatic heterocycles. The average molecular weight is 288 g/mol. The number of rotatable bonds is 7. The summed E-state index contributed by atoms with van der Waals surface area (Å²) in [6, 6.07) is 9.06. The molecule has 1 atom stereocenters. The van der Waals surface area contributed by atoms with Crippen LogP contribution in [0.2, 0.25) is 0 Å². The number of carbonyl (C=O) groups excluding carboxylic acids is 1. The highest BCUT2D eigenvalue weighted by Gasteiger charge is 2.23. The number of nitrogens with zero attached hydrogens (tertiary/aromatic N) is 1. The van der Waals surface area contributed by atoms with E-state index in [1.807, 2.05) is 0 Å². The number of likely N-dealkylation sites (tertiary alicyclic amines) is 1. The largest absolute Gasteiger partial charge is 0.354 e. The van der Waals surface area contributed by atoms with Crippen LogP contribution in [0.1, 0.15) is 56.2 Å². The molecule has 0 aliphatic carbocycles. The maximum absolute atomic E-state index is 11.9. The maximum Gasteiger partial charge on any atom is 0.220 e. The summed E-state index contributed by atoms with van der Waals surface area (Å²) in [5.74, 6) is 0.188. The van der Waals surface area contributed by atoms with Gasteiger partial charge in [-0.1, -0.05) is 43.2 Å². The number of nitrogens with one attached hydrogen (secondary N) is 1. The van der Waals surface area contributed by atoms with Gasteiger partial charge in [0, 0.05) is 13.0 Å². The van der Waals surface area contributed by atoms with Gasteiger partial charge in [-0.05, 0) is 44.8 Å². The van der Waals surface area contributed by atoms with E-state index >= 15 is 0 Å². The number of aryl methyl sites for hydroxylation is 1. The van der Waals surface area contributed by atoms with Gasteiger partial charge >= 0.3 is 0 Å². The van der Waals surface area contributed by atoms with Crippen molar-refractivity contribution in [2.45, 2.75) is 52.0 Å². The van der Waals surface area contributed by atoms with Gasteiger partial charge in [0.15, 0.2) is 0 Å². The zero-order chi connectivity index (χ0) is 15.1. The Bertz CT molecular complexity index is 435. The molecule has 1 N–H and O–H groups in total. The van der Waals surface area contributed by atoms with Crippen molar-refractivity contribution < 1.29 is 4.79 Å². The molecular formula is C18H28N2O. The molecule has 3 nitrogen and oxygen atoms in total. The molecule has 0 unspecified atom stereocenters. The third-order valence-corrected chi connectivity index (χ3v) is 4.29. The summed E-state index contributed by atoms with van der Waals surface area (Å²) in [5.41, 5.74) is 2.60. The Morgan fingerprint density at radius 3 is 2.52 bits per heavy atom. The van der Waals surface area contributed by atoms with Crippen LogP contribution in [-0.2, 0) is 4.79 Å². The van der Waals surface area contributed by atoms with E-state index in [-0.39, 0.29) is 5.91 Å². The lowest BCUT2D eigenvalue weighted by atomic mass is 10.0. The molecule has 0 bridgehead atoms. The van der Waals surface area contributed by atoms with Crippen LogP contribution in [0.25, 0.3) is 0 Å². The predicted octanol–water partition coefficient (Wildman–Crippen LogP) is 3.44. The molecule has 1 saturated heterocycles. The number of carbonyl (C=O) groups is 1. The molecule has 21 heavy (non-hydrogen) atoms. The average Bonchev–Trinajstić information content (AvgIpc) is 3.01. The van der Waals surface area contributed by atoms with Crippen molar-refractivity contribution in [1.82, 2.24) is 10.2 Å². The molecule has 1 fully saturated rings. The lowest BCUT2D eigenvalue weighted by Crippen LogP contribution is -2.36. The summed E-state index contributed by atoms with van der Waals surface area (Å²) >= 11 is 0. The smallest absolute Gasteiger partial charge is 0.220 e. The van der Waals surface area contributed by atoms with Gasteiger partial charge < -0.3 is 5.32 Å². The Kier molecular flexibility index (Phi) is 6.24. The molecule has 0 saturated carbocycles. The number of amides is 1. The number of hydrogen-bond donors (Lipinski definition) is 1. The minimum Gasteiger partial charge on any atom is -0.354 e. The van der Waals surface area contributed by atoms with Crippen molar-refractivity contribution in [1.29, 1.82) is 0 Å². The van der Waals surface area contributed by atoms with Crippen molar-refractivity contribution in [2.24, 2.45) is 0 Å². The van der Waals surface area contributed by atoms with Crippen LogP contribution in [0.4, 0.5) is 0 Å². The van der Waals surface area contributed by atoms with Crippen LogP contribution >= 0.6 is 0 Å². The van der Waals surface area contributed by atoms with E-state index in [0.29, 0.717) is 12.5 Å². The van der Waals surface area contributed by atoms with Crippen molar-refractivity contribution in [3.05, 3.63) is 35.4 Å². The molecule has 2 rings (SSSR count). The lowest BCUT2D eigenvalue weighted by molar-refractivity contribution is -0.121. The summed E-state index contributed by atoms with van der Waals surface area (Å²) in [6.07, 6.45) is 5.24. The Balaban J connectivity index is 1.98. The Morgan fingerprint density at radius 1 is 1.24 bits per heavy atom. The molecule has 0 aromatic heterocycles. The topological polar surface area (TPSA) is 32.3 Å². The fourth-order valence-electron chi connectivity index (χ4n) is 2.94. The maximum atomic E-state index is 11.9. The van der Waals surface area contributed by atoms with Crippen LogP contribution in [0.5, 0.6) is 0 Å². The van der Waals surface area contributed by atoms with E-state index in [9.17, 15) is 4.79 Å². The van der Waals surface area contributed by atoms with Gasteiger partial charge in [-0.25, -0.2) is 0 Å². The molecule has 116 valence electrons. The highest BCUT2D eigenvalue weighted by Crippen LogP contribution is 2.24. The number of unbranched alkanes of at least 4 members (excludes halogenated alkanes) is 1. The zero-order valence-electron chi connectivity index (χ0n) is 13.4. The first-order valence-electron chi connectivity index (χ1n) is 8.28. The summed E-state index contributed by atoms with van der Waals surface area (Å²) in [6.45, 7) is 7.24. The first kappa shape index (κ1) is 16.0. The molecule has 1 heterocycles. The van der Waals surface area contributed by atoms with Gasteiger partial charge in [-0.15, -0.1) is 0 Å². The second-order valence-corrected chi connectivity index (χ2v) is 6.08. The Labute approximate surface area is 128 Å². The van der Waals surface area contributed by atoms with E-state index in [0.717, 1.165) is 32.5 Å². The van der Waals surface area contributed by atoms with Crippen LogP contribution in [0, 0.1) is 6.92 Å². The fourth-order valence-corrected chi connectivity index (χ4v) is 2.94. The zero-order valence-corrected chi connectivity index (χ0v) is 13.4. The second-order valence-electron chi connectivity index (χ2n) is 6.08. The van der Waals surface area contributed by atoms with Crippen LogP contribution < -0.4 is 5.32 Å². The summed E-state index contributed by atoms with van der Waals surface area (Å²) in [7, 11) is 0. The normalized spacial score (nSPS) is 16.9. The molecule has 0 radical (unpaired) electrons. The molecule has 1 aromatic rings. The third-order valence-electron chi connectivity index (χ3n) is 4.29. The van der Waals surface area contributed by atoms with Crippen molar-refractivity contribution in [3.63, 3.8) is 0 Å². The van der Waals surface area contributed by atoms with Gasteiger partial charge in [-0.3, -0.25) is 9.69 Å². The van der Waals surface area contributed by atoms with E-state index in [4.69, 9.17) is 0 Å². The fraction of sp³-hybridized carbons (Fsp3) is 0.611. The molecule has 1 amide bonds. The molecule has 3 heteroatoms. The summed E-state index contributed by atoms with van der Waals surface area (Å²) in [5, 5.41) is 3.13. The SMILES string of the molecule is CCCCC(=O)NC[C@@H](c1ccc(C)cc1)N1CCCC1. The molecular weight excluding hydrogens is 260 g/mol. The third kappa shape index (κ3) is 4.85. The highest BCUT2D eigenvalue weighted by atomic mass is 16.1. The Hall–Kier alpha value is -1.35. The first-order valence-corrected chi connectivity index (χ1v) is 8.28. The van der Waals surface area contributed by atoms with Gasteiger partial charge in [0.25, 0.3) is 0 Å². The van der Waals surface area contributed by atoms with Crippen LogP contribution in [0.3, 0.4) is 0 Å². The minimum atomic E-state index is 0.188. The molecule has 1 aliphatic rings. The lowest BCUT2D eigenvalue weighted by Gasteiger charge is -2.28. The first-order chi connectivity index (χ1) is 10.2. The minimum absolute atomic E-state index is 0.188. The predicted molar refractivity (Wildman–Crippen MR) is 87.3 cm³/mol.